The molecule has 0 N–H and O–H groups in total. The Morgan fingerprint density at radius 1 is 0.220 bits per heavy atom. The Bertz CT molecular complexity index is 2560. The van der Waals surface area contributed by atoms with E-state index < -0.39 is 0 Å². The van der Waals surface area contributed by atoms with Crippen LogP contribution in [0.2, 0.25) is 0 Å². The smallest absolute Gasteiger partial charge is 0.303 e. The van der Waals surface area contributed by atoms with Gasteiger partial charge < -0.3 is 5.53 Å². The number of rotatable bonds is 91. The highest BCUT2D eigenvalue weighted by atomic mass is 14.8. The minimum atomic E-state index is 0.846. The Labute approximate surface area is 741 Å². The Balaban J connectivity index is 2.23. The third-order valence-electron chi connectivity index (χ3n) is 26.4. The fraction of sp³-hybridized carbons (Fsp3) is 0.828. The normalized spacial score (nSPS) is 11.6. The lowest BCUT2D eigenvalue weighted by atomic mass is 9.83. The van der Waals surface area contributed by atoms with Gasteiger partial charge in [0.05, 0.1) is 5.57 Å². The average molecular weight is 1630 g/mol. The van der Waals surface area contributed by atoms with Crippen LogP contribution >= 0.6 is 0 Å². The lowest BCUT2D eigenvalue weighted by Crippen LogP contribution is -2.04. The van der Waals surface area contributed by atoms with E-state index >= 15 is 0 Å². The molecule has 2 aromatic carbocycles. The number of nitrogens with zero attached hydrogens (tertiary/aromatic N) is 2. The first-order chi connectivity index (χ1) is 58.5. The maximum absolute atomic E-state index is 10.5. The number of aryl methyl sites for hydroxylation is 2. The maximum atomic E-state index is 10.5. The van der Waals surface area contributed by atoms with Crippen LogP contribution in [0, 0.1) is 23.7 Å². The van der Waals surface area contributed by atoms with Gasteiger partial charge in [0, 0.05) is 24.0 Å². The Hall–Kier alpha value is -3.54. The molecular weight excluding hydrogens is 1420 g/mol. The van der Waals surface area contributed by atoms with Gasteiger partial charge in [0.2, 0.25) is 0 Å². The van der Waals surface area contributed by atoms with E-state index in [-0.39, 0.29) is 0 Å². The zero-order valence-electron chi connectivity index (χ0n) is 81.0. The second kappa shape index (κ2) is 91.2. The van der Waals surface area contributed by atoms with Gasteiger partial charge in [-0.25, -0.2) is 0 Å². The number of hydrogen-bond donors (Lipinski definition) is 0. The molecule has 0 fully saturated rings. The van der Waals surface area contributed by atoms with Crippen LogP contribution in [0.1, 0.15) is 640 Å². The van der Waals surface area contributed by atoms with Crippen molar-refractivity contribution >= 4 is 11.4 Å². The molecule has 0 amide bonds. The Morgan fingerprint density at radius 2 is 0.424 bits per heavy atom. The molecule has 2 aromatic rings. The van der Waals surface area contributed by atoms with Crippen molar-refractivity contribution in [3.05, 3.63) is 86.5 Å². The van der Waals surface area contributed by atoms with Crippen molar-refractivity contribution in [1.29, 1.82) is 0 Å². The zero-order valence-corrected chi connectivity index (χ0v) is 81.0. The van der Waals surface area contributed by atoms with E-state index in [2.05, 4.69) is 112 Å². The fourth-order valence-corrected chi connectivity index (χ4v) is 18.5. The summed E-state index contributed by atoms with van der Waals surface area (Å²) in [6, 6.07) is 14.9. The van der Waals surface area contributed by atoms with E-state index in [1.54, 1.807) is 0 Å². The first-order valence-corrected chi connectivity index (χ1v) is 54.5. The van der Waals surface area contributed by atoms with E-state index in [1.807, 2.05) is 0 Å². The standard InChI is InChI=1S/C116H204N2/c1-7-13-19-23-27-31-35-39-43-45-47-49-51-53-55-57-59-61-63-65-67-69-73-77-81-85-89-93-97-110-102-111(98-94-90-86-82-78-74-70-68-66-64-62-60-58-56-54-52-50-48-46-44-40-36-32-28-24-20-14-8-2)106-114(105-110)116(115(100-18-12-6)112(107-118-117)99-17-11-5)113-103-108(95-91-87-83-79-75-71-41-37-33-29-25-21-15-9-3)101-109(104-113)96-92-88-84-80-76-72-42-38-34-30-26-22-16-10-4/h101-106H,7-90,93-94,97-100H2,1-6H3. The highest BCUT2D eigenvalue weighted by Crippen LogP contribution is 2.38. The van der Waals surface area contributed by atoms with Crippen LogP contribution in [0.3, 0.4) is 0 Å². The summed E-state index contributed by atoms with van der Waals surface area (Å²) in [7, 11) is 0. The minimum Gasteiger partial charge on any atom is -0.348 e. The van der Waals surface area contributed by atoms with Crippen LogP contribution < -0.4 is 0 Å². The van der Waals surface area contributed by atoms with Crippen molar-refractivity contribution in [3.63, 3.8) is 0 Å². The van der Waals surface area contributed by atoms with Gasteiger partial charge in [0.15, 0.2) is 0 Å². The molecule has 2 rings (SSSR count). The predicted octanol–water partition coefficient (Wildman–Crippen LogP) is 40.6. The van der Waals surface area contributed by atoms with E-state index in [0.717, 1.165) is 80.9 Å². The largest absolute Gasteiger partial charge is 0.348 e. The van der Waals surface area contributed by atoms with Gasteiger partial charge in [-0.1, -0.05) is 584 Å². The van der Waals surface area contributed by atoms with Crippen LogP contribution in [-0.4, -0.2) is 10.7 Å². The topological polar surface area (TPSA) is 36.4 Å². The van der Waals surface area contributed by atoms with Gasteiger partial charge in [-0.15, -0.1) is 4.79 Å². The third-order valence-corrected chi connectivity index (χ3v) is 26.4. The average Bonchev–Trinajstić information content (AvgIpc) is 0.785. The number of hydrogen-bond acceptors (Lipinski definition) is 0. The molecule has 0 saturated heterocycles. The maximum Gasteiger partial charge on any atom is 0.303 e. The van der Waals surface area contributed by atoms with Crippen LogP contribution in [0.15, 0.2) is 47.5 Å². The molecule has 0 spiro atoms. The highest BCUT2D eigenvalue weighted by Gasteiger charge is 2.21. The molecule has 0 saturated carbocycles. The minimum absolute atomic E-state index is 0.846. The van der Waals surface area contributed by atoms with Crippen LogP contribution in [-0.2, 0) is 12.8 Å². The molecule has 0 aromatic heterocycles. The third kappa shape index (κ3) is 71.8. The van der Waals surface area contributed by atoms with E-state index in [9.17, 15) is 5.53 Å². The number of unbranched alkanes of at least 4 members (excludes halogenated alkanes) is 80. The van der Waals surface area contributed by atoms with Crippen molar-refractivity contribution < 1.29 is 4.79 Å². The molecule has 2 nitrogen and oxygen atoms in total. The van der Waals surface area contributed by atoms with Crippen LogP contribution in [0.4, 0.5) is 0 Å². The molecule has 0 unspecified atom stereocenters. The molecule has 678 valence electrons. The van der Waals surface area contributed by atoms with Gasteiger partial charge in [-0.05, 0) is 116 Å². The van der Waals surface area contributed by atoms with Gasteiger partial charge in [-0.2, -0.15) is 0 Å². The van der Waals surface area contributed by atoms with Crippen molar-refractivity contribution in [1.82, 2.24) is 0 Å². The summed E-state index contributed by atoms with van der Waals surface area (Å²) in [5, 5.41) is 0. The van der Waals surface area contributed by atoms with Crippen molar-refractivity contribution in [2.75, 3.05) is 0 Å². The van der Waals surface area contributed by atoms with E-state index in [0.29, 0.717) is 0 Å². The number of benzene rings is 2. The lowest BCUT2D eigenvalue weighted by molar-refractivity contribution is 0.00739. The summed E-state index contributed by atoms with van der Waals surface area (Å²) in [5.74, 6) is 18.2. The highest BCUT2D eigenvalue weighted by molar-refractivity contribution is 5.88. The molecular formula is C116H204N2. The molecule has 0 radical (unpaired) electrons. The summed E-state index contributed by atoms with van der Waals surface area (Å²) in [6.45, 7) is 13.9. The van der Waals surface area contributed by atoms with Crippen LogP contribution in [0.5, 0.6) is 0 Å². The Morgan fingerprint density at radius 3 is 0.653 bits per heavy atom. The van der Waals surface area contributed by atoms with Crippen molar-refractivity contribution in [3.8, 4) is 23.7 Å². The second-order valence-electron chi connectivity index (χ2n) is 38.1. The molecule has 0 bridgehead atoms. The zero-order chi connectivity index (χ0) is 84.3. The Kier molecular flexibility index (Phi) is 85.4. The molecule has 2 heteroatoms. The summed E-state index contributed by atoms with van der Waals surface area (Å²) in [5.41, 5.74) is 21.8. The molecule has 0 atom stereocenters. The van der Waals surface area contributed by atoms with E-state index in [1.165, 1.54) is 547 Å². The fourth-order valence-electron chi connectivity index (χ4n) is 18.5. The summed E-state index contributed by atoms with van der Waals surface area (Å²) in [6.07, 6.45) is 123. The van der Waals surface area contributed by atoms with Crippen molar-refractivity contribution in [2.24, 2.45) is 0 Å². The van der Waals surface area contributed by atoms with E-state index in [4.69, 9.17) is 0 Å². The second-order valence-corrected chi connectivity index (χ2v) is 38.1. The summed E-state index contributed by atoms with van der Waals surface area (Å²) >= 11 is 0. The van der Waals surface area contributed by atoms with Crippen molar-refractivity contribution in [2.45, 2.75) is 619 Å². The first-order valence-electron chi connectivity index (χ1n) is 54.5. The van der Waals surface area contributed by atoms with Crippen LogP contribution in [0.25, 0.3) is 11.1 Å². The molecule has 0 aliphatic carbocycles. The lowest BCUT2D eigenvalue weighted by Gasteiger charge is -2.20. The predicted molar refractivity (Wildman–Crippen MR) is 533 cm³/mol. The molecule has 0 heterocycles. The first kappa shape index (κ1) is 111. The SMILES string of the molecule is CCCCCCCCCCCCCCC#Cc1cc(C#CCCCCCCCCCCCCCC)cc(C(=C(CCCC)C(=C=[N+]=[N-])CCCC)c2cc(CCCCCCCCCCCCCCCCCCCCCCCCCCCCCC)cc(CCCCCCCCCCCCCCCCCCCCCCCCCCCCCC)c2)c1. The quantitative estimate of drug-likeness (QED) is 0.0158. The summed E-state index contributed by atoms with van der Waals surface area (Å²) in [4.78, 5) is 3.74. The van der Waals surface area contributed by atoms with Gasteiger partial charge in [-0.3, -0.25) is 0 Å². The summed E-state index contributed by atoms with van der Waals surface area (Å²) < 4.78 is 0. The van der Waals surface area contributed by atoms with Gasteiger partial charge in [0.25, 0.3) is 0 Å². The van der Waals surface area contributed by atoms with Gasteiger partial charge >= 0.3 is 5.87 Å². The van der Waals surface area contributed by atoms with Gasteiger partial charge in [0.1, 0.15) is 0 Å². The molecule has 0 aliphatic heterocycles. The molecule has 0 aliphatic rings. The monoisotopic (exact) mass is 1630 g/mol. The molecule has 118 heavy (non-hydrogen) atoms. The number of allylic oxidation sites excluding steroid dienone is 2.